The van der Waals surface area contributed by atoms with Crippen molar-refractivity contribution in [1.82, 2.24) is 0 Å². The zero-order valence-electron chi connectivity index (χ0n) is 12.7. The van der Waals surface area contributed by atoms with Gasteiger partial charge in [0.05, 0.1) is 0 Å². The molecule has 0 heterocycles. The van der Waals surface area contributed by atoms with Crippen molar-refractivity contribution in [2.75, 3.05) is 11.5 Å². The second kappa shape index (κ2) is 7.24. The molecule has 2 aromatic rings. The summed E-state index contributed by atoms with van der Waals surface area (Å²) in [6.45, 7) is 8.81. The highest BCUT2D eigenvalue weighted by atomic mass is 32.2. The third kappa shape index (κ3) is 3.83. The number of hydrogen-bond donors (Lipinski definition) is 0. The molecule has 0 unspecified atom stereocenters. The maximum Gasteiger partial charge on any atom is 0.0131 e. The smallest absolute Gasteiger partial charge is 0.0131 e. The Morgan fingerprint density at radius 2 is 0.900 bits per heavy atom. The second-order valence-corrected chi connectivity index (χ2v) is 7.35. The van der Waals surface area contributed by atoms with Crippen LogP contribution in [0.4, 0.5) is 0 Å². The van der Waals surface area contributed by atoms with Gasteiger partial charge in [-0.2, -0.15) is 0 Å². The Kier molecular flexibility index (Phi) is 5.62. The second-order valence-electron chi connectivity index (χ2n) is 5.14. The molecule has 0 aromatic heterocycles. The first-order chi connectivity index (χ1) is 9.59. The number of hydrogen-bond acceptors (Lipinski definition) is 2. The molecule has 2 rings (SSSR count). The summed E-state index contributed by atoms with van der Waals surface area (Å²) in [6, 6.07) is 13.1. The molecule has 0 fully saturated rings. The van der Waals surface area contributed by atoms with Crippen LogP contribution in [0.3, 0.4) is 0 Å². The number of aryl methyl sites for hydroxylation is 4. The summed E-state index contributed by atoms with van der Waals surface area (Å²) in [5.41, 5.74) is 5.58. The minimum atomic E-state index is 1.16. The molecule has 0 nitrogen and oxygen atoms in total. The van der Waals surface area contributed by atoms with Gasteiger partial charge < -0.3 is 0 Å². The first kappa shape index (κ1) is 15.5. The molecular formula is C18H22S2. The minimum Gasteiger partial charge on any atom is -0.125 e. The standard InChI is InChI=1S/C18H22S2/c1-13-7-5-8-14(2)17(13)19-11-12-20-18-15(3)9-6-10-16(18)4/h5-10H,11-12H2,1-4H3. The van der Waals surface area contributed by atoms with Crippen LogP contribution in [0.5, 0.6) is 0 Å². The number of benzene rings is 2. The number of rotatable bonds is 5. The highest BCUT2D eigenvalue weighted by molar-refractivity contribution is 8.03. The van der Waals surface area contributed by atoms with Gasteiger partial charge in [-0.05, 0) is 49.9 Å². The van der Waals surface area contributed by atoms with Crippen molar-refractivity contribution in [3.63, 3.8) is 0 Å². The third-order valence-electron chi connectivity index (χ3n) is 3.39. The van der Waals surface area contributed by atoms with Crippen LogP contribution in [0, 0.1) is 27.7 Å². The number of thioether (sulfide) groups is 2. The monoisotopic (exact) mass is 302 g/mol. The van der Waals surface area contributed by atoms with E-state index in [1.165, 1.54) is 32.0 Å². The Hall–Kier alpha value is -0.860. The predicted octanol–water partition coefficient (Wildman–Crippen LogP) is 5.80. The van der Waals surface area contributed by atoms with Crippen LogP contribution in [0.2, 0.25) is 0 Å². The zero-order valence-corrected chi connectivity index (χ0v) is 14.3. The van der Waals surface area contributed by atoms with Gasteiger partial charge in [0.2, 0.25) is 0 Å². The van der Waals surface area contributed by atoms with Gasteiger partial charge >= 0.3 is 0 Å². The van der Waals surface area contributed by atoms with Crippen molar-refractivity contribution in [3.05, 3.63) is 58.7 Å². The molecule has 0 spiro atoms. The van der Waals surface area contributed by atoms with Gasteiger partial charge in [0.15, 0.2) is 0 Å². The molecule has 0 aliphatic rings. The van der Waals surface area contributed by atoms with Crippen LogP contribution in [0.1, 0.15) is 22.3 Å². The molecular weight excluding hydrogens is 280 g/mol. The van der Waals surface area contributed by atoms with Crippen LogP contribution in [-0.4, -0.2) is 11.5 Å². The molecule has 0 bridgehead atoms. The van der Waals surface area contributed by atoms with Gasteiger partial charge in [-0.1, -0.05) is 36.4 Å². The summed E-state index contributed by atoms with van der Waals surface area (Å²) < 4.78 is 0. The maximum atomic E-state index is 2.20. The van der Waals surface area contributed by atoms with Crippen LogP contribution in [0.15, 0.2) is 46.2 Å². The van der Waals surface area contributed by atoms with Gasteiger partial charge in [-0.15, -0.1) is 23.5 Å². The third-order valence-corrected chi connectivity index (χ3v) is 6.33. The van der Waals surface area contributed by atoms with Gasteiger partial charge in [0, 0.05) is 21.3 Å². The van der Waals surface area contributed by atoms with Crippen LogP contribution in [-0.2, 0) is 0 Å². The van der Waals surface area contributed by atoms with E-state index in [1.807, 2.05) is 23.5 Å². The molecule has 0 aliphatic heterocycles. The summed E-state index contributed by atoms with van der Waals surface area (Å²) in [7, 11) is 0. The molecule has 2 aromatic carbocycles. The van der Waals surface area contributed by atoms with Crippen molar-refractivity contribution in [1.29, 1.82) is 0 Å². The molecule has 0 radical (unpaired) electrons. The average Bonchev–Trinajstić information content (AvgIpc) is 2.40. The van der Waals surface area contributed by atoms with E-state index in [0.29, 0.717) is 0 Å². The highest BCUT2D eigenvalue weighted by Crippen LogP contribution is 2.30. The first-order valence-electron chi connectivity index (χ1n) is 6.97. The van der Waals surface area contributed by atoms with E-state index in [1.54, 1.807) is 0 Å². The Balaban J connectivity index is 1.91. The SMILES string of the molecule is Cc1cccc(C)c1SCCSc1c(C)cccc1C. The molecule has 106 valence electrons. The summed E-state index contributed by atoms with van der Waals surface area (Å²) >= 11 is 3.97. The van der Waals surface area contributed by atoms with Gasteiger partial charge in [0.25, 0.3) is 0 Å². The van der Waals surface area contributed by atoms with Crippen LogP contribution in [0.25, 0.3) is 0 Å². The average molecular weight is 303 g/mol. The largest absolute Gasteiger partial charge is 0.125 e. The lowest BCUT2D eigenvalue weighted by atomic mass is 10.2. The Morgan fingerprint density at radius 3 is 1.20 bits per heavy atom. The quantitative estimate of drug-likeness (QED) is 0.505. The van der Waals surface area contributed by atoms with E-state index in [4.69, 9.17) is 0 Å². The van der Waals surface area contributed by atoms with E-state index in [-0.39, 0.29) is 0 Å². The fourth-order valence-electron chi connectivity index (χ4n) is 2.34. The summed E-state index contributed by atoms with van der Waals surface area (Å²) in [6.07, 6.45) is 0. The predicted molar refractivity (Wildman–Crippen MR) is 93.3 cm³/mol. The van der Waals surface area contributed by atoms with Crippen LogP contribution < -0.4 is 0 Å². The van der Waals surface area contributed by atoms with Crippen molar-refractivity contribution in [3.8, 4) is 0 Å². The van der Waals surface area contributed by atoms with Gasteiger partial charge in [-0.3, -0.25) is 0 Å². The van der Waals surface area contributed by atoms with Crippen LogP contribution >= 0.6 is 23.5 Å². The fraction of sp³-hybridized carbons (Fsp3) is 0.333. The van der Waals surface area contributed by atoms with Gasteiger partial charge in [0.1, 0.15) is 0 Å². The maximum absolute atomic E-state index is 2.20. The molecule has 0 amide bonds. The molecule has 0 atom stereocenters. The minimum absolute atomic E-state index is 1.16. The van der Waals surface area contributed by atoms with Crippen molar-refractivity contribution >= 4 is 23.5 Å². The Morgan fingerprint density at radius 1 is 0.600 bits per heavy atom. The summed E-state index contributed by atoms with van der Waals surface area (Å²) in [5.74, 6) is 2.31. The van der Waals surface area contributed by atoms with Crippen molar-refractivity contribution < 1.29 is 0 Å². The van der Waals surface area contributed by atoms with Crippen molar-refractivity contribution in [2.24, 2.45) is 0 Å². The molecule has 2 heteroatoms. The molecule has 0 saturated heterocycles. The summed E-state index contributed by atoms with van der Waals surface area (Å²) in [5, 5.41) is 0. The zero-order chi connectivity index (χ0) is 14.5. The summed E-state index contributed by atoms with van der Waals surface area (Å²) in [4.78, 5) is 2.91. The Labute approximate surface area is 131 Å². The molecule has 0 saturated carbocycles. The fourth-order valence-corrected chi connectivity index (χ4v) is 4.60. The molecule has 0 N–H and O–H groups in total. The molecule has 0 aliphatic carbocycles. The molecule has 20 heavy (non-hydrogen) atoms. The normalized spacial score (nSPS) is 10.8. The topological polar surface area (TPSA) is 0 Å². The lowest BCUT2D eigenvalue weighted by Crippen LogP contribution is -1.91. The Bertz CT molecular complexity index is 494. The van der Waals surface area contributed by atoms with E-state index >= 15 is 0 Å². The lowest BCUT2D eigenvalue weighted by molar-refractivity contribution is 1.21. The highest BCUT2D eigenvalue weighted by Gasteiger charge is 2.05. The van der Waals surface area contributed by atoms with Crippen molar-refractivity contribution in [2.45, 2.75) is 37.5 Å². The lowest BCUT2D eigenvalue weighted by Gasteiger charge is -2.11. The van der Waals surface area contributed by atoms with E-state index in [0.717, 1.165) is 11.5 Å². The van der Waals surface area contributed by atoms with E-state index < -0.39 is 0 Å². The van der Waals surface area contributed by atoms with Gasteiger partial charge in [-0.25, -0.2) is 0 Å². The first-order valence-corrected chi connectivity index (χ1v) is 8.94. The van der Waals surface area contributed by atoms with E-state index in [9.17, 15) is 0 Å². The van der Waals surface area contributed by atoms with E-state index in [2.05, 4.69) is 64.1 Å².